The van der Waals surface area contributed by atoms with Gasteiger partial charge in [-0.1, -0.05) is 30.3 Å². The number of nitrogens with zero attached hydrogens (tertiary/aromatic N) is 1. The number of hydrogen-bond donors (Lipinski definition) is 2. The average Bonchev–Trinajstić information content (AvgIpc) is 3.20. The Labute approximate surface area is 166 Å². The second kappa shape index (κ2) is 9.34. The van der Waals surface area contributed by atoms with Gasteiger partial charge in [-0.05, 0) is 29.8 Å². The Kier molecular flexibility index (Phi) is 6.62. The molecule has 0 fully saturated rings. The van der Waals surface area contributed by atoms with E-state index in [1.54, 1.807) is 6.20 Å². The molecule has 7 heteroatoms. The zero-order valence-corrected chi connectivity index (χ0v) is 16.3. The number of rotatable bonds is 7. The Hall–Kier alpha value is -2.64. The monoisotopic (exact) mass is 397 g/mol. The van der Waals surface area contributed by atoms with Crippen molar-refractivity contribution >= 4 is 40.6 Å². The highest BCUT2D eigenvalue weighted by Gasteiger charge is 2.19. The number of benzene rings is 2. The number of thiazole rings is 1. The van der Waals surface area contributed by atoms with E-state index in [4.69, 9.17) is 0 Å². The van der Waals surface area contributed by atoms with Crippen molar-refractivity contribution in [2.24, 2.45) is 0 Å². The minimum atomic E-state index is -0.249. The van der Waals surface area contributed by atoms with Crippen LogP contribution in [0.25, 0.3) is 0 Å². The number of anilines is 1. The van der Waals surface area contributed by atoms with Crippen LogP contribution in [0.1, 0.15) is 23.5 Å². The smallest absolute Gasteiger partial charge is 0.231 e. The van der Waals surface area contributed by atoms with Crippen LogP contribution < -0.4 is 10.6 Å². The average molecular weight is 398 g/mol. The number of carbonyl (C=O) groups is 2. The molecule has 0 radical (unpaired) electrons. The van der Waals surface area contributed by atoms with E-state index >= 15 is 0 Å². The van der Waals surface area contributed by atoms with Crippen LogP contribution in [0, 0.1) is 0 Å². The molecule has 0 bridgehead atoms. The molecule has 0 saturated carbocycles. The lowest BCUT2D eigenvalue weighted by Gasteiger charge is -2.17. The topological polar surface area (TPSA) is 71.1 Å². The fourth-order valence-corrected chi connectivity index (χ4v) is 3.92. The lowest BCUT2D eigenvalue weighted by molar-refractivity contribution is -0.119. The van der Waals surface area contributed by atoms with Crippen LogP contribution in [-0.4, -0.2) is 22.6 Å². The van der Waals surface area contributed by atoms with Gasteiger partial charge >= 0.3 is 0 Å². The fourth-order valence-electron chi connectivity index (χ4n) is 2.50. The maximum atomic E-state index is 12.5. The van der Waals surface area contributed by atoms with Gasteiger partial charge in [0.05, 0.1) is 5.75 Å². The van der Waals surface area contributed by atoms with E-state index in [1.165, 1.54) is 30.0 Å². The van der Waals surface area contributed by atoms with Gasteiger partial charge in [0.2, 0.25) is 11.8 Å². The van der Waals surface area contributed by atoms with Gasteiger partial charge in [-0.2, -0.15) is 0 Å². The van der Waals surface area contributed by atoms with Crippen molar-refractivity contribution in [3.63, 3.8) is 0 Å². The van der Waals surface area contributed by atoms with Gasteiger partial charge in [0.1, 0.15) is 11.0 Å². The van der Waals surface area contributed by atoms with Crippen molar-refractivity contribution in [2.45, 2.75) is 17.9 Å². The van der Waals surface area contributed by atoms with Crippen molar-refractivity contribution in [1.29, 1.82) is 0 Å². The first kappa shape index (κ1) is 19.1. The molecule has 0 saturated heterocycles. The summed E-state index contributed by atoms with van der Waals surface area (Å²) in [5, 5.41) is 8.56. The van der Waals surface area contributed by atoms with E-state index in [2.05, 4.69) is 15.6 Å². The standard InChI is InChI=1S/C20H19N3O2S2/c1-14(24)22-16-7-9-17(10-8-16)27-13-18(25)23-19(20-21-11-12-26-20)15-5-3-2-4-6-15/h2-12,19H,13H2,1H3,(H,22,24)(H,23,25). The van der Waals surface area contributed by atoms with Crippen molar-refractivity contribution in [3.8, 4) is 0 Å². The summed E-state index contributed by atoms with van der Waals surface area (Å²) in [6.07, 6.45) is 1.74. The van der Waals surface area contributed by atoms with Crippen LogP contribution in [-0.2, 0) is 9.59 Å². The quantitative estimate of drug-likeness (QED) is 0.589. The van der Waals surface area contributed by atoms with E-state index < -0.39 is 0 Å². The normalized spacial score (nSPS) is 11.6. The molecule has 0 aliphatic heterocycles. The second-order valence-corrected chi connectivity index (χ2v) is 7.75. The highest BCUT2D eigenvalue weighted by Crippen LogP contribution is 2.25. The highest BCUT2D eigenvalue weighted by molar-refractivity contribution is 8.00. The Bertz CT molecular complexity index is 881. The summed E-state index contributed by atoms with van der Waals surface area (Å²) in [7, 11) is 0. The molecular weight excluding hydrogens is 378 g/mol. The maximum Gasteiger partial charge on any atom is 0.231 e. The van der Waals surface area contributed by atoms with Gasteiger partial charge < -0.3 is 10.6 Å². The lowest BCUT2D eigenvalue weighted by atomic mass is 10.1. The number of nitrogens with one attached hydrogen (secondary N) is 2. The molecule has 138 valence electrons. The zero-order chi connectivity index (χ0) is 19.1. The molecule has 1 heterocycles. The summed E-state index contributed by atoms with van der Waals surface area (Å²) < 4.78 is 0. The van der Waals surface area contributed by atoms with E-state index in [-0.39, 0.29) is 17.9 Å². The van der Waals surface area contributed by atoms with Crippen molar-refractivity contribution in [1.82, 2.24) is 10.3 Å². The van der Waals surface area contributed by atoms with Crippen molar-refractivity contribution in [3.05, 3.63) is 76.7 Å². The van der Waals surface area contributed by atoms with Crippen LogP contribution >= 0.6 is 23.1 Å². The Morgan fingerprint density at radius 1 is 1.11 bits per heavy atom. The summed E-state index contributed by atoms with van der Waals surface area (Å²) in [6.45, 7) is 1.47. The molecule has 27 heavy (non-hydrogen) atoms. The first-order valence-electron chi connectivity index (χ1n) is 8.36. The summed E-state index contributed by atoms with van der Waals surface area (Å²) in [6, 6.07) is 17.0. The zero-order valence-electron chi connectivity index (χ0n) is 14.7. The fraction of sp³-hybridized carbons (Fsp3) is 0.150. The predicted octanol–water partition coefficient (Wildman–Crippen LogP) is 4.10. The molecule has 0 aliphatic rings. The molecule has 0 spiro atoms. The lowest BCUT2D eigenvalue weighted by Crippen LogP contribution is -2.30. The summed E-state index contributed by atoms with van der Waals surface area (Å²) in [4.78, 5) is 28.9. The Morgan fingerprint density at radius 3 is 2.48 bits per heavy atom. The van der Waals surface area contributed by atoms with Crippen LogP contribution in [0.5, 0.6) is 0 Å². The summed E-state index contributed by atoms with van der Waals surface area (Å²) >= 11 is 2.97. The number of amides is 2. The van der Waals surface area contributed by atoms with Crippen LogP contribution in [0.2, 0.25) is 0 Å². The largest absolute Gasteiger partial charge is 0.342 e. The third-order valence-electron chi connectivity index (χ3n) is 3.68. The van der Waals surface area contributed by atoms with Gasteiger partial charge in [-0.15, -0.1) is 23.1 Å². The third kappa shape index (κ3) is 5.67. The molecule has 0 aliphatic carbocycles. The third-order valence-corrected chi connectivity index (χ3v) is 5.53. The molecular formula is C20H19N3O2S2. The molecule has 3 aromatic rings. The van der Waals surface area contributed by atoms with Gasteiger partial charge in [0, 0.05) is 29.1 Å². The molecule has 3 rings (SSSR count). The number of aromatic nitrogens is 1. The van der Waals surface area contributed by atoms with Crippen LogP contribution in [0.3, 0.4) is 0 Å². The minimum absolute atomic E-state index is 0.0602. The number of carbonyl (C=O) groups excluding carboxylic acids is 2. The highest BCUT2D eigenvalue weighted by atomic mass is 32.2. The maximum absolute atomic E-state index is 12.5. The molecule has 5 nitrogen and oxygen atoms in total. The molecule has 2 amide bonds. The molecule has 1 aromatic heterocycles. The number of hydrogen-bond acceptors (Lipinski definition) is 5. The van der Waals surface area contributed by atoms with E-state index in [0.717, 1.165) is 21.2 Å². The molecule has 2 N–H and O–H groups in total. The Balaban J connectivity index is 1.61. The molecule has 1 atom stereocenters. The van der Waals surface area contributed by atoms with Crippen LogP contribution in [0.4, 0.5) is 5.69 Å². The summed E-state index contributed by atoms with van der Waals surface area (Å²) in [5.74, 6) is 0.132. The van der Waals surface area contributed by atoms with Crippen molar-refractivity contribution in [2.75, 3.05) is 11.1 Å². The molecule has 2 aromatic carbocycles. The Morgan fingerprint density at radius 2 is 1.85 bits per heavy atom. The van der Waals surface area contributed by atoms with Gasteiger partial charge in [0.15, 0.2) is 0 Å². The number of thioether (sulfide) groups is 1. The van der Waals surface area contributed by atoms with E-state index in [9.17, 15) is 9.59 Å². The first-order valence-corrected chi connectivity index (χ1v) is 10.2. The van der Waals surface area contributed by atoms with Crippen LogP contribution in [0.15, 0.2) is 71.1 Å². The van der Waals surface area contributed by atoms with E-state index in [0.29, 0.717) is 5.75 Å². The van der Waals surface area contributed by atoms with Gasteiger partial charge in [-0.3, -0.25) is 9.59 Å². The molecule has 1 unspecified atom stereocenters. The SMILES string of the molecule is CC(=O)Nc1ccc(SCC(=O)NC(c2ccccc2)c2nccs2)cc1. The van der Waals surface area contributed by atoms with Gasteiger partial charge in [0.25, 0.3) is 0 Å². The minimum Gasteiger partial charge on any atom is -0.342 e. The summed E-state index contributed by atoms with van der Waals surface area (Å²) in [5.41, 5.74) is 1.75. The predicted molar refractivity (Wildman–Crippen MR) is 110 cm³/mol. The van der Waals surface area contributed by atoms with Gasteiger partial charge in [-0.25, -0.2) is 4.98 Å². The second-order valence-electron chi connectivity index (χ2n) is 5.78. The first-order chi connectivity index (χ1) is 13.1. The van der Waals surface area contributed by atoms with Crippen molar-refractivity contribution < 1.29 is 9.59 Å². The van der Waals surface area contributed by atoms with E-state index in [1.807, 2.05) is 60.0 Å².